The molecule has 0 saturated carbocycles. The van der Waals surface area contributed by atoms with E-state index in [1.807, 2.05) is 11.3 Å². The van der Waals surface area contributed by atoms with Gasteiger partial charge in [0, 0.05) is 30.4 Å². The molecule has 15 heavy (non-hydrogen) atoms. The molecule has 0 aromatic carbocycles. The minimum Gasteiger partial charge on any atom is -0.388 e. The SMILES string of the molecule is CC1c2ccsc2CCN1CCC(=N)N. The third-order valence-electron chi connectivity index (χ3n) is 3.07. The monoisotopic (exact) mass is 223 g/mol. The van der Waals surface area contributed by atoms with Gasteiger partial charge < -0.3 is 5.73 Å². The normalized spacial score (nSPS) is 21.3. The molecule has 0 amide bonds. The first-order valence-corrected chi connectivity index (χ1v) is 6.19. The lowest BCUT2D eigenvalue weighted by atomic mass is 10.0. The Labute approximate surface area is 94.4 Å². The summed E-state index contributed by atoms with van der Waals surface area (Å²) in [6, 6.07) is 2.71. The van der Waals surface area contributed by atoms with Crippen LogP contribution in [-0.4, -0.2) is 23.8 Å². The Morgan fingerprint density at radius 2 is 2.53 bits per heavy atom. The number of amidine groups is 1. The van der Waals surface area contributed by atoms with Crippen LogP contribution in [0.5, 0.6) is 0 Å². The zero-order valence-electron chi connectivity index (χ0n) is 8.99. The third-order valence-corrected chi connectivity index (χ3v) is 4.07. The molecule has 1 unspecified atom stereocenters. The summed E-state index contributed by atoms with van der Waals surface area (Å²) in [5.74, 6) is 0.290. The minimum atomic E-state index is 0.290. The van der Waals surface area contributed by atoms with Gasteiger partial charge in [0.25, 0.3) is 0 Å². The van der Waals surface area contributed by atoms with Crippen molar-refractivity contribution < 1.29 is 0 Å². The lowest BCUT2D eigenvalue weighted by molar-refractivity contribution is 0.206. The largest absolute Gasteiger partial charge is 0.388 e. The smallest absolute Gasteiger partial charge is 0.0918 e. The van der Waals surface area contributed by atoms with E-state index in [1.54, 1.807) is 0 Å². The first kappa shape index (κ1) is 10.6. The van der Waals surface area contributed by atoms with Crippen LogP contribution in [0.25, 0.3) is 0 Å². The van der Waals surface area contributed by atoms with Gasteiger partial charge >= 0.3 is 0 Å². The van der Waals surface area contributed by atoms with Crippen LogP contribution in [0.4, 0.5) is 0 Å². The standard InChI is InChI=1S/C11H17N3S/c1-8-9-4-7-15-10(9)2-5-14(8)6-3-11(12)13/h4,7-8H,2-3,5-6H2,1H3,(H3,12,13). The third kappa shape index (κ3) is 2.21. The molecule has 0 saturated heterocycles. The van der Waals surface area contributed by atoms with E-state index < -0.39 is 0 Å². The number of nitrogens with zero attached hydrogens (tertiary/aromatic N) is 1. The fourth-order valence-corrected chi connectivity index (χ4v) is 3.09. The van der Waals surface area contributed by atoms with Crippen molar-refractivity contribution in [3.63, 3.8) is 0 Å². The average molecular weight is 223 g/mol. The van der Waals surface area contributed by atoms with Crippen molar-refractivity contribution in [2.24, 2.45) is 5.73 Å². The number of hydrogen-bond acceptors (Lipinski definition) is 3. The molecular formula is C11H17N3S. The van der Waals surface area contributed by atoms with Crippen LogP contribution in [0, 0.1) is 5.41 Å². The van der Waals surface area contributed by atoms with Crippen LogP contribution < -0.4 is 5.73 Å². The van der Waals surface area contributed by atoms with E-state index in [-0.39, 0.29) is 0 Å². The molecule has 0 fully saturated rings. The van der Waals surface area contributed by atoms with Gasteiger partial charge in [0.2, 0.25) is 0 Å². The Kier molecular flexibility index (Phi) is 3.07. The number of fused-ring (bicyclic) bond motifs is 1. The fourth-order valence-electron chi connectivity index (χ4n) is 2.13. The Balaban J connectivity index is 2.03. The highest BCUT2D eigenvalue weighted by atomic mass is 32.1. The molecular weight excluding hydrogens is 206 g/mol. The number of nitrogens with two attached hydrogens (primary N) is 1. The lowest BCUT2D eigenvalue weighted by Crippen LogP contribution is -2.35. The molecule has 0 bridgehead atoms. The van der Waals surface area contributed by atoms with Gasteiger partial charge in [-0.15, -0.1) is 11.3 Å². The van der Waals surface area contributed by atoms with E-state index in [0.717, 1.165) is 19.5 Å². The Morgan fingerprint density at radius 3 is 3.27 bits per heavy atom. The molecule has 1 aliphatic heterocycles. The zero-order valence-corrected chi connectivity index (χ0v) is 9.81. The molecule has 1 aliphatic rings. The van der Waals surface area contributed by atoms with Gasteiger partial charge in [0.05, 0.1) is 5.84 Å². The molecule has 2 heterocycles. The van der Waals surface area contributed by atoms with Crippen LogP contribution in [0.15, 0.2) is 11.4 Å². The zero-order chi connectivity index (χ0) is 10.8. The van der Waals surface area contributed by atoms with Crippen LogP contribution in [0.3, 0.4) is 0 Å². The molecule has 0 spiro atoms. The second-order valence-electron chi connectivity index (χ2n) is 4.04. The Morgan fingerprint density at radius 1 is 1.73 bits per heavy atom. The summed E-state index contributed by atoms with van der Waals surface area (Å²) in [6.07, 6.45) is 1.83. The molecule has 2 rings (SSSR count). The second-order valence-corrected chi connectivity index (χ2v) is 5.04. The van der Waals surface area contributed by atoms with E-state index in [0.29, 0.717) is 18.3 Å². The van der Waals surface area contributed by atoms with Gasteiger partial charge in [-0.1, -0.05) is 0 Å². The van der Waals surface area contributed by atoms with Gasteiger partial charge in [-0.2, -0.15) is 0 Å². The average Bonchev–Trinajstić information content (AvgIpc) is 2.65. The maximum atomic E-state index is 7.25. The molecule has 82 valence electrons. The quantitative estimate of drug-likeness (QED) is 0.608. The van der Waals surface area contributed by atoms with Gasteiger partial charge in [-0.25, -0.2) is 0 Å². The van der Waals surface area contributed by atoms with Crippen molar-refractivity contribution in [3.8, 4) is 0 Å². The summed E-state index contributed by atoms with van der Waals surface area (Å²) in [5.41, 5.74) is 6.86. The van der Waals surface area contributed by atoms with Gasteiger partial charge in [0.1, 0.15) is 0 Å². The molecule has 1 atom stereocenters. The van der Waals surface area contributed by atoms with E-state index in [4.69, 9.17) is 11.1 Å². The van der Waals surface area contributed by atoms with Gasteiger partial charge in [0.15, 0.2) is 0 Å². The van der Waals surface area contributed by atoms with Crippen LogP contribution >= 0.6 is 11.3 Å². The molecule has 0 radical (unpaired) electrons. The number of thiophene rings is 1. The van der Waals surface area contributed by atoms with Crippen molar-refractivity contribution in [3.05, 3.63) is 21.9 Å². The highest BCUT2D eigenvalue weighted by molar-refractivity contribution is 7.10. The Bertz CT molecular complexity index is 358. The number of rotatable bonds is 3. The van der Waals surface area contributed by atoms with Crippen LogP contribution in [0.1, 0.15) is 29.8 Å². The number of nitrogens with one attached hydrogen (secondary N) is 1. The summed E-state index contributed by atoms with van der Waals surface area (Å²) in [7, 11) is 0. The van der Waals surface area contributed by atoms with E-state index in [9.17, 15) is 0 Å². The van der Waals surface area contributed by atoms with Crippen molar-refractivity contribution in [1.29, 1.82) is 5.41 Å². The second kappa shape index (κ2) is 4.33. The molecule has 4 heteroatoms. The summed E-state index contributed by atoms with van der Waals surface area (Å²) >= 11 is 1.86. The maximum Gasteiger partial charge on any atom is 0.0918 e. The molecule has 3 N–H and O–H groups in total. The van der Waals surface area contributed by atoms with E-state index >= 15 is 0 Å². The van der Waals surface area contributed by atoms with Gasteiger partial charge in [-0.05, 0) is 30.4 Å². The summed E-state index contributed by atoms with van der Waals surface area (Å²) < 4.78 is 0. The summed E-state index contributed by atoms with van der Waals surface area (Å²) in [6.45, 7) is 4.25. The van der Waals surface area contributed by atoms with Gasteiger partial charge in [-0.3, -0.25) is 10.3 Å². The predicted octanol–water partition coefficient (Wildman–Crippen LogP) is 1.99. The van der Waals surface area contributed by atoms with Crippen molar-refractivity contribution >= 4 is 17.2 Å². The van der Waals surface area contributed by atoms with E-state index in [2.05, 4.69) is 23.3 Å². The number of hydrogen-bond donors (Lipinski definition) is 2. The molecule has 0 aliphatic carbocycles. The first-order valence-electron chi connectivity index (χ1n) is 5.31. The van der Waals surface area contributed by atoms with Crippen molar-refractivity contribution in [2.75, 3.05) is 13.1 Å². The fraction of sp³-hybridized carbons (Fsp3) is 0.545. The minimum absolute atomic E-state index is 0.290. The summed E-state index contributed by atoms with van der Waals surface area (Å²) in [5, 5.41) is 9.42. The lowest BCUT2D eigenvalue weighted by Gasteiger charge is -2.33. The van der Waals surface area contributed by atoms with Crippen LogP contribution in [0.2, 0.25) is 0 Å². The van der Waals surface area contributed by atoms with Crippen LogP contribution in [-0.2, 0) is 6.42 Å². The molecule has 3 nitrogen and oxygen atoms in total. The topological polar surface area (TPSA) is 53.1 Å². The summed E-state index contributed by atoms with van der Waals surface area (Å²) in [4.78, 5) is 3.94. The predicted molar refractivity (Wildman–Crippen MR) is 64.5 cm³/mol. The maximum absolute atomic E-state index is 7.25. The highest BCUT2D eigenvalue weighted by Crippen LogP contribution is 2.32. The first-order chi connectivity index (χ1) is 7.18. The van der Waals surface area contributed by atoms with Crippen molar-refractivity contribution in [1.82, 2.24) is 4.90 Å². The Hall–Kier alpha value is -0.870. The van der Waals surface area contributed by atoms with Crippen molar-refractivity contribution in [2.45, 2.75) is 25.8 Å². The molecule has 1 aromatic rings. The van der Waals surface area contributed by atoms with E-state index in [1.165, 1.54) is 10.4 Å². The highest BCUT2D eigenvalue weighted by Gasteiger charge is 2.23. The molecule has 1 aromatic heterocycles.